The van der Waals surface area contributed by atoms with E-state index in [1.807, 2.05) is 0 Å². The Morgan fingerprint density at radius 1 is 0.492 bits per heavy atom. The number of carboxylic acids is 3. The summed E-state index contributed by atoms with van der Waals surface area (Å²) in [5.41, 5.74) is 14.5. The van der Waals surface area contributed by atoms with Gasteiger partial charge in [-0.1, -0.05) is 51.4 Å². The summed E-state index contributed by atoms with van der Waals surface area (Å²) in [5.74, 6) is -4.67. The van der Waals surface area contributed by atoms with Crippen LogP contribution in [0, 0.1) is 20.8 Å². The van der Waals surface area contributed by atoms with E-state index in [9.17, 15) is 43.5 Å². The second-order valence-electron chi connectivity index (χ2n) is 14.4. The van der Waals surface area contributed by atoms with Crippen LogP contribution in [0.25, 0.3) is 11.5 Å². The van der Waals surface area contributed by atoms with Crippen LogP contribution >= 0.6 is 0 Å². The zero-order valence-electron chi connectivity index (χ0n) is 37.3. The number of urea groups is 1. The molecule has 0 aliphatic heterocycles. The molecule has 9 N–H and O–H groups in total. The van der Waals surface area contributed by atoms with Crippen LogP contribution in [0.2, 0.25) is 0 Å². The fourth-order valence-electron chi connectivity index (χ4n) is 6.01. The molecule has 4 amide bonds. The largest absolute Gasteiger partial charge is 2.00 e. The van der Waals surface area contributed by atoms with Crippen LogP contribution in [0.15, 0.2) is 0 Å². The standard InChI is InChI=1S/C39H68N6O11.CO2.2CH3.2V/c40-24-12-4-10-21-35(49)44-31(18-11-13-25-41)33(47)19-8-3-6-16-29(37(52)53)28-30(46)17-7-1-2-9-20-34(48)42-26-14-5-15-27-43-39(56)45-32(38(54)55)22-23-36(50)51;2-1-3;;;;/h29,31-32,40-41H,1-28H2,(H,42,48)(H,44,49)(H,50,51)(H,52,53)(H,54,55)(H2,43,45,56);;2*1H3;;/q-2;;2*-1;2*+2/t29?,31?,32-;;;;;/m0...../s1. The van der Waals surface area contributed by atoms with Crippen molar-refractivity contribution in [2.24, 2.45) is 5.92 Å². The molecule has 360 valence electrons. The zero-order valence-corrected chi connectivity index (χ0v) is 40.1. The quantitative estimate of drug-likeness (QED) is 0.0274. The normalized spacial score (nSPS) is 11.3. The molecule has 0 aliphatic rings. The molecule has 0 aromatic heterocycles. The molecule has 0 aliphatic carbocycles. The first-order valence-electron chi connectivity index (χ1n) is 20.8. The molecule has 2 unspecified atom stereocenters. The van der Waals surface area contributed by atoms with Crippen LogP contribution in [0.3, 0.4) is 0 Å². The van der Waals surface area contributed by atoms with Crippen molar-refractivity contribution >= 4 is 53.5 Å². The number of carboxylic acid groups (broad SMARTS) is 3. The van der Waals surface area contributed by atoms with Gasteiger partial charge in [-0.05, 0) is 64.2 Å². The second kappa shape index (κ2) is 49.4. The van der Waals surface area contributed by atoms with E-state index in [4.69, 9.17) is 31.3 Å². The molecule has 2 radical (unpaired) electrons. The molecule has 0 saturated carbocycles. The van der Waals surface area contributed by atoms with Crippen molar-refractivity contribution in [3.8, 4) is 0 Å². The van der Waals surface area contributed by atoms with Crippen molar-refractivity contribution in [1.82, 2.24) is 21.3 Å². The number of Topliss-reactive ketones (excluding diaryl/α,β-unsaturated/α-hetero) is 2. The van der Waals surface area contributed by atoms with Crippen LogP contribution in [0.5, 0.6) is 0 Å². The van der Waals surface area contributed by atoms with E-state index in [0.29, 0.717) is 116 Å². The Bertz CT molecular complexity index is 1290. The topological polar surface area (TPSA) is 327 Å². The van der Waals surface area contributed by atoms with Crippen molar-refractivity contribution in [3.05, 3.63) is 26.3 Å². The van der Waals surface area contributed by atoms with E-state index < -0.39 is 41.9 Å². The molecule has 0 saturated heterocycles. The van der Waals surface area contributed by atoms with Crippen molar-refractivity contribution in [1.29, 1.82) is 0 Å². The van der Waals surface area contributed by atoms with Gasteiger partial charge in [0.05, 0.1) is 12.0 Å². The smallest absolute Gasteiger partial charge is 0.677 e. The zero-order chi connectivity index (χ0) is 44.7. The summed E-state index contributed by atoms with van der Waals surface area (Å²) in [5, 5.41) is 37.9. The van der Waals surface area contributed by atoms with E-state index in [0.717, 1.165) is 25.7 Å². The van der Waals surface area contributed by atoms with E-state index in [-0.39, 0.29) is 120 Å². The van der Waals surface area contributed by atoms with Crippen molar-refractivity contribution < 1.29 is 100 Å². The molecular weight excluding hydrogens is 898 g/mol. The first kappa shape index (κ1) is 71.1. The summed E-state index contributed by atoms with van der Waals surface area (Å²) in [4.78, 5) is 112. The number of carbonyl (C=O) groups is 8. The molecule has 63 heavy (non-hydrogen) atoms. The number of unbranched alkanes of at least 4 members (excludes halogenated alkanes) is 10. The Labute approximate surface area is 398 Å². The maximum atomic E-state index is 12.9. The van der Waals surface area contributed by atoms with Crippen LogP contribution in [-0.4, -0.2) is 107 Å². The first-order valence-corrected chi connectivity index (χ1v) is 20.8. The van der Waals surface area contributed by atoms with E-state index in [1.165, 1.54) is 0 Å². The van der Waals surface area contributed by atoms with Crippen LogP contribution < -0.4 is 21.3 Å². The van der Waals surface area contributed by atoms with Gasteiger partial charge < -0.3 is 62.9 Å². The Balaban J connectivity index is -0.00000112. The summed E-state index contributed by atoms with van der Waals surface area (Å²) >= 11 is 0. The number of aliphatic carboxylic acids is 3. The third-order valence-electron chi connectivity index (χ3n) is 9.34. The van der Waals surface area contributed by atoms with Crippen molar-refractivity contribution in [2.45, 2.75) is 166 Å². The summed E-state index contributed by atoms with van der Waals surface area (Å²) in [6.07, 6.45) is 11.7. The molecule has 0 heterocycles. The molecule has 3 atom stereocenters. The molecule has 21 heteroatoms. The van der Waals surface area contributed by atoms with E-state index >= 15 is 0 Å². The predicted octanol–water partition coefficient (Wildman–Crippen LogP) is 6.04. The van der Waals surface area contributed by atoms with Gasteiger partial charge in [0.1, 0.15) is 11.8 Å². The fourth-order valence-corrected chi connectivity index (χ4v) is 6.01. The SMILES string of the molecule is O=C=O.[CH3-].[CH3-].[NH-]CCCCCC(=O)NC(CCCC[NH-])C(=O)CCCCCC(CC(=O)CCCCCCC(=O)NCCCCCNC(=O)N[C@@H](CCC(=O)O)C(=O)O)C(=O)O.[V+2].[V+2]. The summed E-state index contributed by atoms with van der Waals surface area (Å²) < 4.78 is 0. The molecule has 0 spiro atoms. The monoisotopic (exact) mass is 972 g/mol. The van der Waals surface area contributed by atoms with Crippen molar-refractivity contribution in [3.63, 3.8) is 0 Å². The fraction of sp³-hybridized carbons (Fsp3) is 0.738. The van der Waals surface area contributed by atoms with Crippen LogP contribution in [0.4, 0.5) is 4.79 Å². The van der Waals surface area contributed by atoms with Gasteiger partial charge in [0, 0.05) is 51.6 Å². The van der Waals surface area contributed by atoms with Gasteiger partial charge >= 0.3 is 67.2 Å². The van der Waals surface area contributed by atoms with Crippen LogP contribution in [0.1, 0.15) is 154 Å². The third-order valence-corrected chi connectivity index (χ3v) is 9.34. The van der Waals surface area contributed by atoms with Gasteiger partial charge in [-0.25, -0.2) is 9.59 Å². The van der Waals surface area contributed by atoms with Gasteiger partial charge in [0.2, 0.25) is 11.8 Å². The number of hydrogen-bond donors (Lipinski definition) is 7. The van der Waals surface area contributed by atoms with Gasteiger partial charge in [-0.3, -0.25) is 28.8 Å². The third kappa shape index (κ3) is 46.2. The second-order valence-corrected chi connectivity index (χ2v) is 14.4. The van der Waals surface area contributed by atoms with E-state index in [1.54, 1.807) is 0 Å². The average molecular weight is 973 g/mol. The van der Waals surface area contributed by atoms with Crippen LogP contribution in [-0.2, 0) is 80.3 Å². The Morgan fingerprint density at radius 2 is 0.968 bits per heavy atom. The van der Waals surface area contributed by atoms with Gasteiger partial charge in [-0.2, -0.15) is 22.7 Å². The molecule has 0 fully saturated rings. The molecule has 0 aromatic carbocycles. The number of rotatable bonds is 38. The van der Waals surface area contributed by atoms with Crippen molar-refractivity contribution in [2.75, 3.05) is 26.2 Å². The minimum atomic E-state index is -1.31. The Hall–Kier alpha value is -3.57. The van der Waals surface area contributed by atoms with Gasteiger partial charge in [-0.15, -0.1) is 0 Å². The summed E-state index contributed by atoms with van der Waals surface area (Å²) in [6.45, 7) is 1.36. The average Bonchev–Trinajstić information content (AvgIpc) is 3.18. The minimum absolute atomic E-state index is 0. The Kier molecular flexibility index (Phi) is 55.8. The number of amides is 4. The number of nitrogens with one attached hydrogen (secondary N) is 6. The molecule has 0 aromatic rings. The predicted molar refractivity (Wildman–Crippen MR) is 229 cm³/mol. The summed E-state index contributed by atoms with van der Waals surface area (Å²) in [6, 6.07) is -2.57. The Morgan fingerprint density at radius 3 is 1.52 bits per heavy atom. The maximum Gasteiger partial charge on any atom is 2.00 e. The molecular formula is C42H74N6O13V2. The van der Waals surface area contributed by atoms with Gasteiger partial charge in [0.25, 0.3) is 0 Å². The minimum Gasteiger partial charge on any atom is -0.677 e. The molecule has 19 nitrogen and oxygen atoms in total. The maximum absolute atomic E-state index is 12.9. The number of hydrogen-bond acceptors (Lipinski definition) is 10. The number of ketones is 2. The van der Waals surface area contributed by atoms with Gasteiger partial charge in [0.15, 0.2) is 5.78 Å². The summed E-state index contributed by atoms with van der Waals surface area (Å²) in [7, 11) is 0. The molecule has 0 rings (SSSR count). The van der Waals surface area contributed by atoms with E-state index in [2.05, 4.69) is 21.3 Å². The first-order chi connectivity index (χ1) is 28.2. The molecule has 0 bridgehead atoms. The number of carbonyl (C=O) groups excluding carboxylic acids is 7.